The van der Waals surface area contributed by atoms with E-state index in [1.54, 1.807) is 5.57 Å². The van der Waals surface area contributed by atoms with Gasteiger partial charge >= 0.3 is 0 Å². The second kappa shape index (κ2) is 7.74. The molecule has 5 rings (SSSR count). The summed E-state index contributed by atoms with van der Waals surface area (Å²) in [4.78, 5) is 19.6. The van der Waals surface area contributed by atoms with Gasteiger partial charge in [0.05, 0.1) is 0 Å². The van der Waals surface area contributed by atoms with Crippen molar-refractivity contribution in [1.82, 2.24) is 9.88 Å². The first-order valence-electron chi connectivity index (χ1n) is 12.9. The molecule has 168 valence electrons. The van der Waals surface area contributed by atoms with Crippen molar-refractivity contribution < 1.29 is 4.79 Å². The van der Waals surface area contributed by atoms with Gasteiger partial charge in [-0.15, -0.1) is 0 Å². The summed E-state index contributed by atoms with van der Waals surface area (Å²) < 4.78 is 0. The number of nitrogens with zero attached hydrogens (tertiary/aromatic N) is 2. The second-order valence-electron chi connectivity index (χ2n) is 11.3. The zero-order valence-electron chi connectivity index (χ0n) is 20.0. The number of aryl methyl sites for hydroxylation is 1. The highest BCUT2D eigenvalue weighted by Crippen LogP contribution is 2.66. The van der Waals surface area contributed by atoms with E-state index < -0.39 is 0 Å². The van der Waals surface area contributed by atoms with Gasteiger partial charge in [0.2, 0.25) is 5.91 Å². The Kier molecular flexibility index (Phi) is 5.30. The number of allylic oxidation sites excluding steroid dienone is 2. The molecule has 6 unspecified atom stereocenters. The molecule has 1 aliphatic heterocycles. The van der Waals surface area contributed by atoms with Crippen LogP contribution in [0, 0.1) is 28.6 Å². The Bertz CT molecular complexity index is 891. The molecule has 0 aromatic carbocycles. The van der Waals surface area contributed by atoms with Gasteiger partial charge < -0.3 is 4.90 Å². The van der Waals surface area contributed by atoms with E-state index in [9.17, 15) is 4.79 Å². The molecule has 0 spiro atoms. The van der Waals surface area contributed by atoms with E-state index in [0.29, 0.717) is 23.8 Å². The van der Waals surface area contributed by atoms with Crippen LogP contribution in [0.15, 0.2) is 24.5 Å². The number of amides is 1. The zero-order valence-corrected chi connectivity index (χ0v) is 20.0. The van der Waals surface area contributed by atoms with Crippen molar-refractivity contribution in [1.29, 1.82) is 0 Å². The number of aromatic nitrogens is 1. The Morgan fingerprint density at radius 1 is 1.13 bits per heavy atom. The number of likely N-dealkylation sites (tertiary alicyclic amines) is 1. The smallest absolute Gasteiger partial charge is 0.222 e. The minimum Gasteiger partial charge on any atom is -0.339 e. The van der Waals surface area contributed by atoms with Crippen LogP contribution >= 0.6 is 0 Å². The molecule has 2 saturated carbocycles. The molecular formula is C28H40N2O. The number of carbonyl (C=O) groups is 1. The summed E-state index contributed by atoms with van der Waals surface area (Å²) >= 11 is 0. The molecule has 0 radical (unpaired) electrons. The lowest BCUT2D eigenvalue weighted by Gasteiger charge is -2.62. The number of hydrogen-bond acceptors (Lipinski definition) is 2. The highest BCUT2D eigenvalue weighted by molar-refractivity contribution is 5.76. The van der Waals surface area contributed by atoms with Crippen molar-refractivity contribution in [3.63, 3.8) is 0 Å². The molecular weight excluding hydrogens is 380 g/mol. The minimum absolute atomic E-state index is 0.284. The predicted octanol–water partition coefficient (Wildman–Crippen LogP) is 6.28. The van der Waals surface area contributed by atoms with E-state index in [0.717, 1.165) is 30.7 Å². The van der Waals surface area contributed by atoms with Crippen LogP contribution in [0.4, 0.5) is 0 Å². The van der Waals surface area contributed by atoms with Gasteiger partial charge in [-0.1, -0.05) is 33.8 Å². The number of hydrogen-bond donors (Lipinski definition) is 0. The van der Waals surface area contributed by atoms with Gasteiger partial charge in [-0.3, -0.25) is 9.78 Å². The lowest BCUT2D eigenvalue weighted by Crippen LogP contribution is -2.61. The molecule has 3 heteroatoms. The van der Waals surface area contributed by atoms with Gasteiger partial charge in [0.1, 0.15) is 0 Å². The molecule has 4 aliphatic rings. The average molecular weight is 421 g/mol. The first kappa shape index (κ1) is 21.2. The van der Waals surface area contributed by atoms with Crippen molar-refractivity contribution in [2.24, 2.45) is 28.6 Å². The van der Waals surface area contributed by atoms with Crippen molar-refractivity contribution >= 4 is 11.5 Å². The standard InChI is InChI=1S/C28H40N2O/c1-5-19-16-20(18-29-17-19)22-9-10-23-21-8-11-25-28(4,24(21)12-14-27(22,23)3)13-7-15-30(25)26(31)6-2/h9,16-18,21,23-25H,5-8,10-15H2,1-4H3. The maximum atomic E-state index is 12.7. The summed E-state index contributed by atoms with van der Waals surface area (Å²) in [6.45, 7) is 10.3. The first-order valence-corrected chi connectivity index (χ1v) is 12.9. The summed E-state index contributed by atoms with van der Waals surface area (Å²) in [7, 11) is 0. The van der Waals surface area contributed by atoms with Gasteiger partial charge in [-0.05, 0) is 103 Å². The lowest BCUT2D eigenvalue weighted by molar-refractivity contribution is -0.153. The summed E-state index contributed by atoms with van der Waals surface area (Å²) in [6, 6.07) is 2.85. The van der Waals surface area contributed by atoms with Crippen LogP contribution in [0.2, 0.25) is 0 Å². The number of rotatable bonds is 3. The van der Waals surface area contributed by atoms with E-state index in [2.05, 4.69) is 49.0 Å². The highest BCUT2D eigenvalue weighted by Gasteiger charge is 2.59. The van der Waals surface area contributed by atoms with Crippen molar-refractivity contribution in [2.45, 2.75) is 91.5 Å². The Hall–Kier alpha value is -1.64. The van der Waals surface area contributed by atoms with E-state index in [4.69, 9.17) is 0 Å². The van der Waals surface area contributed by atoms with E-state index >= 15 is 0 Å². The normalized spacial score (nSPS) is 39.4. The quantitative estimate of drug-likeness (QED) is 0.576. The van der Waals surface area contributed by atoms with Gasteiger partial charge in [-0.2, -0.15) is 0 Å². The second-order valence-corrected chi connectivity index (χ2v) is 11.3. The molecule has 31 heavy (non-hydrogen) atoms. The van der Waals surface area contributed by atoms with Crippen LogP contribution in [-0.2, 0) is 11.2 Å². The third-order valence-corrected chi connectivity index (χ3v) is 10.0. The third-order valence-electron chi connectivity index (χ3n) is 10.0. The number of pyridine rings is 1. The van der Waals surface area contributed by atoms with Gasteiger partial charge in [0, 0.05) is 31.4 Å². The maximum Gasteiger partial charge on any atom is 0.222 e. The third kappa shape index (κ3) is 3.13. The zero-order chi connectivity index (χ0) is 21.8. The van der Waals surface area contributed by atoms with Crippen molar-refractivity contribution in [2.75, 3.05) is 6.54 Å². The number of piperidine rings is 1. The Morgan fingerprint density at radius 3 is 2.74 bits per heavy atom. The van der Waals surface area contributed by atoms with Gasteiger partial charge in [-0.25, -0.2) is 0 Å². The van der Waals surface area contributed by atoms with Crippen LogP contribution < -0.4 is 0 Å². The molecule has 2 heterocycles. The lowest BCUT2D eigenvalue weighted by atomic mass is 9.46. The molecule has 1 aromatic rings. The van der Waals surface area contributed by atoms with Gasteiger partial charge in [0.25, 0.3) is 0 Å². The number of carbonyl (C=O) groups excluding carboxylic acids is 1. The van der Waals surface area contributed by atoms with Crippen LogP contribution in [-0.4, -0.2) is 28.4 Å². The van der Waals surface area contributed by atoms with Crippen molar-refractivity contribution in [3.05, 3.63) is 35.7 Å². The molecule has 1 aromatic heterocycles. The largest absolute Gasteiger partial charge is 0.339 e. The minimum atomic E-state index is 0.284. The summed E-state index contributed by atoms with van der Waals surface area (Å²) in [5, 5.41) is 0. The van der Waals surface area contributed by atoms with Crippen molar-refractivity contribution in [3.8, 4) is 0 Å². The molecule has 6 atom stereocenters. The highest BCUT2D eigenvalue weighted by atomic mass is 16.2. The molecule has 3 nitrogen and oxygen atoms in total. The Morgan fingerprint density at radius 2 is 1.97 bits per heavy atom. The molecule has 0 bridgehead atoms. The maximum absolute atomic E-state index is 12.7. The van der Waals surface area contributed by atoms with Gasteiger partial charge in [0.15, 0.2) is 0 Å². The fourth-order valence-electron chi connectivity index (χ4n) is 8.43. The predicted molar refractivity (Wildman–Crippen MR) is 126 cm³/mol. The summed E-state index contributed by atoms with van der Waals surface area (Å²) in [6.07, 6.45) is 17.2. The monoisotopic (exact) mass is 420 g/mol. The summed E-state index contributed by atoms with van der Waals surface area (Å²) in [5.41, 5.74) is 4.86. The van der Waals surface area contributed by atoms with E-state index in [1.165, 1.54) is 56.1 Å². The molecule has 1 amide bonds. The fraction of sp³-hybridized carbons (Fsp3) is 0.714. The number of fused-ring (bicyclic) bond motifs is 5. The topological polar surface area (TPSA) is 33.2 Å². The van der Waals surface area contributed by atoms with Crippen LogP contribution in [0.3, 0.4) is 0 Å². The average Bonchev–Trinajstić information content (AvgIpc) is 3.15. The van der Waals surface area contributed by atoms with E-state index in [-0.39, 0.29) is 5.41 Å². The first-order chi connectivity index (χ1) is 14.9. The summed E-state index contributed by atoms with van der Waals surface area (Å²) in [5.74, 6) is 2.70. The van der Waals surface area contributed by atoms with Crippen LogP contribution in [0.5, 0.6) is 0 Å². The van der Waals surface area contributed by atoms with Crippen LogP contribution in [0.1, 0.15) is 90.2 Å². The SMILES string of the molecule is CCC(=O)N1CCCC2(C)C3CCC4(C)C(c5cncc(CC)c5)=CCC4C3CCC12. The Labute approximate surface area is 188 Å². The molecule has 3 aliphatic carbocycles. The molecule has 3 fully saturated rings. The van der Waals surface area contributed by atoms with E-state index in [1.807, 2.05) is 13.1 Å². The Balaban J connectivity index is 1.43. The molecule has 0 N–H and O–H groups in total. The fourth-order valence-corrected chi connectivity index (χ4v) is 8.43. The van der Waals surface area contributed by atoms with Crippen LogP contribution in [0.25, 0.3) is 5.57 Å². The molecule has 1 saturated heterocycles.